The first kappa shape index (κ1) is 30.9. The highest BCUT2D eigenvalue weighted by atomic mass is 31.2. The van der Waals surface area contributed by atoms with Gasteiger partial charge in [-0.15, -0.1) is 0 Å². The molecule has 3 heterocycles. The third-order valence-corrected chi connectivity index (χ3v) is 12.2. The molecule has 236 valence electrons. The minimum Gasteiger partial charge on any atom is -0.492 e. The van der Waals surface area contributed by atoms with Crippen LogP contribution >= 0.6 is 15.2 Å². The lowest BCUT2D eigenvalue weighted by Crippen LogP contribution is -2.40. The van der Waals surface area contributed by atoms with Crippen LogP contribution in [0.5, 0.6) is 11.5 Å². The van der Waals surface area contributed by atoms with Gasteiger partial charge >= 0.3 is 21.2 Å². The Hall–Kier alpha value is -3.09. The molecule has 2 saturated heterocycles. The summed E-state index contributed by atoms with van der Waals surface area (Å²) < 4.78 is 52.2. The predicted molar refractivity (Wildman–Crippen MR) is 158 cm³/mol. The van der Waals surface area contributed by atoms with Crippen molar-refractivity contribution in [2.45, 2.75) is 43.2 Å². The molecule has 3 aromatic rings. The van der Waals surface area contributed by atoms with Gasteiger partial charge in [0.1, 0.15) is 17.0 Å². The van der Waals surface area contributed by atoms with Gasteiger partial charge in [0.05, 0.1) is 18.0 Å². The highest BCUT2D eigenvalue weighted by Gasteiger charge is 2.44. The number of ether oxygens (including phenoxy) is 2. The lowest BCUT2D eigenvalue weighted by molar-refractivity contribution is 0.0732. The molecule has 3 aliphatic rings. The molecule has 2 aromatic carbocycles. The second-order valence-electron chi connectivity index (χ2n) is 11.5. The lowest BCUT2D eigenvalue weighted by atomic mass is 9.94. The molecular weight excluding hydrogens is 619 g/mol. The van der Waals surface area contributed by atoms with Crippen LogP contribution in [0.15, 0.2) is 41.3 Å². The number of methoxy groups -OCH3 is 1. The van der Waals surface area contributed by atoms with Crippen molar-refractivity contribution in [2.24, 2.45) is 5.92 Å². The molecule has 3 fully saturated rings. The fraction of sp³-hybridized carbons (Fsp3) is 0.429. The van der Waals surface area contributed by atoms with Gasteiger partial charge in [0.15, 0.2) is 17.0 Å². The Kier molecular flexibility index (Phi) is 7.99. The Bertz CT molecular complexity index is 1750. The maximum Gasteiger partial charge on any atom is 0.349 e. The first-order valence-corrected chi connectivity index (χ1v) is 17.5. The molecule has 2 atom stereocenters. The predicted octanol–water partition coefficient (Wildman–Crippen LogP) is 3.25. The van der Waals surface area contributed by atoms with Crippen LogP contribution in [0.1, 0.15) is 53.0 Å². The normalized spacial score (nSPS) is 20.7. The van der Waals surface area contributed by atoms with Crippen LogP contribution in [-0.4, -0.2) is 62.9 Å². The van der Waals surface area contributed by atoms with E-state index in [1.807, 2.05) is 4.90 Å². The molecule has 13 nitrogen and oxygen atoms in total. The van der Waals surface area contributed by atoms with Crippen LogP contribution in [-0.2, 0) is 9.13 Å². The number of halogens is 1. The second-order valence-corrected chi connectivity index (χ2v) is 15.3. The van der Waals surface area contributed by atoms with Crippen molar-refractivity contribution >= 4 is 37.8 Å². The van der Waals surface area contributed by atoms with Gasteiger partial charge in [-0.3, -0.25) is 13.9 Å². The van der Waals surface area contributed by atoms with Gasteiger partial charge in [-0.25, -0.2) is 9.18 Å². The van der Waals surface area contributed by atoms with E-state index in [4.69, 9.17) is 9.47 Å². The van der Waals surface area contributed by atoms with Crippen molar-refractivity contribution in [3.8, 4) is 11.5 Å². The zero-order valence-electron chi connectivity index (χ0n) is 23.6. The number of fused-ring (bicyclic) bond motifs is 2. The van der Waals surface area contributed by atoms with Crippen molar-refractivity contribution in [3.63, 3.8) is 0 Å². The standard InChI is InChI=1S/C28H32FN3O10P2/c1-41-26-23-19(11-21(29)24(26)31-12-16-3-2-10-30-22(16)14-31)25(33)20(13-32(23)17-6-7-17)27(34)42-18-8-4-15(5-9-18)28(43(35,36)37)44(38,39)40/h4-5,8-9,11,13,16-17,22,28,30H,2-3,6-7,10,12,14H2,1H3,(H2,35,36,37)(H2,38,39,40)/t16-,22+/m0/s1. The Morgan fingerprint density at radius 2 is 1.75 bits per heavy atom. The van der Waals surface area contributed by atoms with Crippen LogP contribution in [0, 0.1) is 11.7 Å². The molecule has 6 rings (SSSR count). The number of aromatic nitrogens is 1. The van der Waals surface area contributed by atoms with Gasteiger partial charge in [-0.1, -0.05) is 12.1 Å². The van der Waals surface area contributed by atoms with Crippen LogP contribution < -0.4 is 25.1 Å². The summed E-state index contributed by atoms with van der Waals surface area (Å²) in [4.78, 5) is 66.7. The van der Waals surface area contributed by atoms with E-state index in [-0.39, 0.29) is 45.8 Å². The number of carbonyl (C=O) groups is 1. The van der Waals surface area contributed by atoms with E-state index >= 15 is 4.39 Å². The summed E-state index contributed by atoms with van der Waals surface area (Å²) in [6.07, 6.45) is 5.04. The molecule has 2 aliphatic heterocycles. The van der Waals surface area contributed by atoms with Crippen LogP contribution in [0.4, 0.5) is 10.1 Å². The molecule has 44 heavy (non-hydrogen) atoms. The molecule has 16 heteroatoms. The quantitative estimate of drug-likeness (QED) is 0.136. The average Bonchev–Trinajstić information content (AvgIpc) is 3.70. The van der Waals surface area contributed by atoms with Crippen LogP contribution in [0.2, 0.25) is 0 Å². The topological polar surface area (TPSA) is 188 Å². The van der Waals surface area contributed by atoms with Gasteiger partial charge in [-0.05, 0) is 61.9 Å². The number of pyridine rings is 1. The number of rotatable bonds is 8. The van der Waals surface area contributed by atoms with Crippen molar-refractivity contribution in [1.82, 2.24) is 9.88 Å². The number of hydrogen-bond acceptors (Lipinski definition) is 8. The summed E-state index contributed by atoms with van der Waals surface area (Å²) in [6.45, 7) is 2.16. The van der Waals surface area contributed by atoms with E-state index in [1.54, 1.807) is 4.57 Å². The minimum absolute atomic E-state index is 0.0410. The van der Waals surface area contributed by atoms with Crippen molar-refractivity contribution in [3.05, 3.63) is 63.7 Å². The highest BCUT2D eigenvalue weighted by Crippen LogP contribution is 2.69. The molecule has 0 spiro atoms. The largest absolute Gasteiger partial charge is 0.492 e. The van der Waals surface area contributed by atoms with E-state index in [2.05, 4.69) is 5.32 Å². The van der Waals surface area contributed by atoms with E-state index in [9.17, 15) is 38.3 Å². The number of esters is 1. The number of hydrogen-bond donors (Lipinski definition) is 5. The summed E-state index contributed by atoms with van der Waals surface area (Å²) in [5.41, 5.74) is -0.811. The highest BCUT2D eigenvalue weighted by molar-refractivity contribution is 7.70. The van der Waals surface area contributed by atoms with Crippen molar-refractivity contribution < 1.29 is 47.4 Å². The number of nitrogens with zero attached hydrogens (tertiary/aromatic N) is 2. The summed E-state index contributed by atoms with van der Waals surface area (Å²) in [5.74, 6) is -1.24. The van der Waals surface area contributed by atoms with Crippen molar-refractivity contribution in [1.29, 1.82) is 0 Å². The zero-order chi connectivity index (χ0) is 31.6. The van der Waals surface area contributed by atoms with E-state index in [1.165, 1.54) is 13.3 Å². The van der Waals surface area contributed by atoms with E-state index in [0.717, 1.165) is 62.6 Å². The van der Waals surface area contributed by atoms with E-state index in [0.29, 0.717) is 24.5 Å². The zero-order valence-corrected chi connectivity index (χ0v) is 25.4. The number of nitrogens with one attached hydrogen (secondary N) is 1. The van der Waals surface area contributed by atoms with Crippen molar-refractivity contribution in [2.75, 3.05) is 31.6 Å². The molecule has 1 aliphatic carbocycles. The molecule has 0 bridgehead atoms. The fourth-order valence-corrected chi connectivity index (χ4v) is 9.09. The number of carbonyl (C=O) groups excluding carboxylic acids is 1. The maximum absolute atomic E-state index is 15.9. The molecular formula is C28H32FN3O10P2. The van der Waals surface area contributed by atoms with Gasteiger partial charge in [0.25, 0.3) is 0 Å². The third kappa shape index (κ3) is 5.72. The van der Waals surface area contributed by atoms with Gasteiger partial charge in [0.2, 0.25) is 5.43 Å². The molecule has 0 unspecified atom stereocenters. The fourth-order valence-electron chi connectivity index (χ4n) is 6.40. The number of piperidine rings is 1. The molecule has 5 N–H and O–H groups in total. The smallest absolute Gasteiger partial charge is 0.349 e. The summed E-state index contributed by atoms with van der Waals surface area (Å²) in [7, 11) is -9.05. The molecule has 1 saturated carbocycles. The maximum atomic E-state index is 15.9. The Labute approximate surface area is 250 Å². The van der Waals surface area contributed by atoms with Crippen LogP contribution in [0.3, 0.4) is 0 Å². The first-order chi connectivity index (χ1) is 20.8. The Balaban J connectivity index is 1.36. The minimum atomic E-state index is -5.24. The SMILES string of the molecule is COc1c(N2C[C@@H]3CCCN[C@@H]3C2)c(F)cc2c(=O)c(C(=O)Oc3ccc(C(P(=O)(O)O)P(=O)(O)O)cc3)cn(C3CC3)c12. The molecule has 1 aromatic heterocycles. The summed E-state index contributed by atoms with van der Waals surface area (Å²) in [5, 5.41) is 1.08. The first-order valence-electron chi connectivity index (χ1n) is 14.1. The van der Waals surface area contributed by atoms with Crippen LogP contribution in [0.25, 0.3) is 10.9 Å². The second kappa shape index (κ2) is 11.4. The lowest BCUT2D eigenvalue weighted by Gasteiger charge is -2.25. The third-order valence-electron chi connectivity index (χ3n) is 8.50. The van der Waals surface area contributed by atoms with Gasteiger partial charge in [-0.2, -0.15) is 0 Å². The van der Waals surface area contributed by atoms with Gasteiger partial charge < -0.3 is 43.8 Å². The Morgan fingerprint density at radius 3 is 2.34 bits per heavy atom. The Morgan fingerprint density at radius 1 is 1.07 bits per heavy atom. The molecule has 0 radical (unpaired) electrons. The monoisotopic (exact) mass is 651 g/mol. The molecule has 0 amide bonds. The number of benzene rings is 2. The van der Waals surface area contributed by atoms with E-state index < -0.39 is 37.8 Å². The summed E-state index contributed by atoms with van der Waals surface area (Å²) >= 11 is 0. The number of anilines is 1. The average molecular weight is 652 g/mol. The van der Waals surface area contributed by atoms with Gasteiger partial charge in [0, 0.05) is 31.4 Å². The summed E-state index contributed by atoms with van der Waals surface area (Å²) in [6, 6.07) is 5.56.